The van der Waals surface area contributed by atoms with Crippen LogP contribution >= 0.6 is 11.6 Å². The predicted octanol–water partition coefficient (Wildman–Crippen LogP) is 3.45. The van der Waals surface area contributed by atoms with E-state index in [1.54, 1.807) is 12.1 Å². The second-order valence-corrected chi connectivity index (χ2v) is 5.74. The van der Waals surface area contributed by atoms with Gasteiger partial charge in [0.05, 0.1) is 5.02 Å². The summed E-state index contributed by atoms with van der Waals surface area (Å²) in [5.41, 5.74) is -0.0739. The first-order valence-corrected chi connectivity index (χ1v) is 6.99. The third-order valence-electron chi connectivity index (χ3n) is 3.93. The van der Waals surface area contributed by atoms with Gasteiger partial charge in [-0.3, -0.25) is 0 Å². The lowest BCUT2D eigenvalue weighted by Crippen LogP contribution is -2.35. The van der Waals surface area contributed by atoms with Gasteiger partial charge in [-0.05, 0) is 43.7 Å². The Kier molecular flexibility index (Phi) is 4.30. The van der Waals surface area contributed by atoms with Gasteiger partial charge in [0.15, 0.2) is 5.69 Å². The maximum Gasteiger partial charge on any atom is 0.356 e. The van der Waals surface area contributed by atoms with E-state index in [-0.39, 0.29) is 10.7 Å². The second-order valence-electron chi connectivity index (χ2n) is 5.33. The standard InChI is InChI=1S/C14H19ClN2O2/c1-9-3-5-10(6-4-9)17(2)12-8-7-11(15)13(16-12)14(18)19/h7-10H,3-6H2,1-2H3,(H,18,19). The molecule has 0 amide bonds. The molecule has 1 heterocycles. The third-order valence-corrected chi connectivity index (χ3v) is 4.23. The van der Waals surface area contributed by atoms with Crippen molar-refractivity contribution >= 4 is 23.4 Å². The average Bonchev–Trinajstić information content (AvgIpc) is 2.39. The molecule has 0 aromatic carbocycles. The molecule has 0 aliphatic heterocycles. The van der Waals surface area contributed by atoms with Crippen molar-refractivity contribution in [1.29, 1.82) is 0 Å². The van der Waals surface area contributed by atoms with Crippen LogP contribution in [0, 0.1) is 5.92 Å². The molecule has 1 aromatic rings. The number of nitrogens with zero attached hydrogens (tertiary/aromatic N) is 2. The van der Waals surface area contributed by atoms with E-state index in [9.17, 15) is 4.79 Å². The molecule has 1 N–H and O–H groups in total. The maximum atomic E-state index is 11.1. The Hall–Kier alpha value is -1.29. The number of halogens is 1. The van der Waals surface area contributed by atoms with Crippen molar-refractivity contribution in [3.8, 4) is 0 Å². The fourth-order valence-electron chi connectivity index (χ4n) is 2.60. The lowest BCUT2D eigenvalue weighted by molar-refractivity contribution is 0.0691. The molecule has 0 saturated heterocycles. The number of rotatable bonds is 3. The second kappa shape index (κ2) is 5.78. The molecule has 1 aliphatic rings. The lowest BCUT2D eigenvalue weighted by Gasteiger charge is -2.34. The smallest absolute Gasteiger partial charge is 0.356 e. The van der Waals surface area contributed by atoms with Crippen molar-refractivity contribution in [3.63, 3.8) is 0 Å². The number of carboxylic acids is 1. The first-order chi connectivity index (χ1) is 8.99. The van der Waals surface area contributed by atoms with Crippen LogP contribution in [0.2, 0.25) is 5.02 Å². The normalized spacial score (nSPS) is 23.1. The maximum absolute atomic E-state index is 11.1. The van der Waals surface area contributed by atoms with E-state index in [1.807, 2.05) is 7.05 Å². The minimum atomic E-state index is -1.09. The van der Waals surface area contributed by atoms with Gasteiger partial charge in [-0.1, -0.05) is 18.5 Å². The van der Waals surface area contributed by atoms with Crippen LogP contribution in [0.5, 0.6) is 0 Å². The summed E-state index contributed by atoms with van der Waals surface area (Å²) in [7, 11) is 1.97. The fraction of sp³-hybridized carbons (Fsp3) is 0.571. The number of hydrogen-bond donors (Lipinski definition) is 1. The molecule has 19 heavy (non-hydrogen) atoms. The zero-order chi connectivity index (χ0) is 14.0. The number of aromatic nitrogens is 1. The molecule has 1 fully saturated rings. The van der Waals surface area contributed by atoms with Crippen molar-refractivity contribution in [3.05, 3.63) is 22.8 Å². The van der Waals surface area contributed by atoms with Gasteiger partial charge >= 0.3 is 5.97 Å². The van der Waals surface area contributed by atoms with Crippen molar-refractivity contribution < 1.29 is 9.90 Å². The zero-order valence-electron chi connectivity index (χ0n) is 11.3. The number of carbonyl (C=O) groups is 1. The number of pyridine rings is 1. The van der Waals surface area contributed by atoms with E-state index in [0.29, 0.717) is 11.9 Å². The van der Waals surface area contributed by atoms with Crippen LogP contribution in [0.4, 0.5) is 5.82 Å². The summed E-state index contributed by atoms with van der Waals surface area (Å²) in [4.78, 5) is 17.3. The van der Waals surface area contributed by atoms with Crippen molar-refractivity contribution in [1.82, 2.24) is 4.98 Å². The molecule has 0 spiro atoms. The topological polar surface area (TPSA) is 53.4 Å². The largest absolute Gasteiger partial charge is 0.476 e. The monoisotopic (exact) mass is 282 g/mol. The first-order valence-electron chi connectivity index (χ1n) is 6.61. The summed E-state index contributed by atoms with van der Waals surface area (Å²) in [5, 5.41) is 9.23. The molecular weight excluding hydrogens is 264 g/mol. The highest BCUT2D eigenvalue weighted by Gasteiger charge is 2.23. The van der Waals surface area contributed by atoms with Crippen molar-refractivity contribution in [2.75, 3.05) is 11.9 Å². The van der Waals surface area contributed by atoms with E-state index >= 15 is 0 Å². The van der Waals surface area contributed by atoms with Crippen LogP contribution in [-0.2, 0) is 0 Å². The van der Waals surface area contributed by atoms with E-state index in [2.05, 4.69) is 16.8 Å². The number of hydrogen-bond acceptors (Lipinski definition) is 3. The summed E-state index contributed by atoms with van der Waals surface area (Å²) in [5.74, 6) is 0.385. The van der Waals surface area contributed by atoms with Crippen LogP contribution in [0.3, 0.4) is 0 Å². The molecule has 0 unspecified atom stereocenters. The predicted molar refractivity (Wildman–Crippen MR) is 76.0 cm³/mol. The van der Waals surface area contributed by atoms with Crippen LogP contribution in [-0.4, -0.2) is 29.1 Å². The fourth-order valence-corrected chi connectivity index (χ4v) is 2.78. The van der Waals surface area contributed by atoms with Crippen molar-refractivity contribution in [2.45, 2.75) is 38.6 Å². The highest BCUT2D eigenvalue weighted by molar-refractivity contribution is 6.33. The Bertz CT molecular complexity index is 471. The van der Waals surface area contributed by atoms with Crippen molar-refractivity contribution in [2.24, 2.45) is 5.92 Å². The average molecular weight is 283 g/mol. The Labute approximate surface area is 118 Å². The molecule has 0 radical (unpaired) electrons. The number of aromatic carboxylic acids is 1. The molecule has 0 bridgehead atoms. The number of carboxylic acid groups (broad SMARTS) is 1. The van der Waals surface area contributed by atoms with Crippen LogP contribution in [0.15, 0.2) is 12.1 Å². The summed E-state index contributed by atoms with van der Waals surface area (Å²) < 4.78 is 0. The quantitative estimate of drug-likeness (QED) is 0.922. The van der Waals surface area contributed by atoms with Gasteiger partial charge in [-0.15, -0.1) is 0 Å². The van der Waals surface area contributed by atoms with E-state index < -0.39 is 5.97 Å². The molecule has 2 rings (SSSR count). The Balaban J connectivity index is 2.17. The Morgan fingerprint density at radius 3 is 2.58 bits per heavy atom. The van der Waals surface area contributed by atoms with E-state index in [4.69, 9.17) is 16.7 Å². The molecule has 5 heteroatoms. The summed E-state index contributed by atoms with van der Waals surface area (Å²) >= 11 is 5.84. The van der Waals surface area contributed by atoms with Gasteiger partial charge in [-0.2, -0.15) is 0 Å². The Morgan fingerprint density at radius 2 is 2.00 bits per heavy atom. The molecule has 1 aliphatic carbocycles. The SMILES string of the molecule is CC1CCC(N(C)c2ccc(Cl)c(C(=O)O)n2)CC1. The lowest BCUT2D eigenvalue weighted by atomic mass is 9.87. The minimum absolute atomic E-state index is 0.0739. The summed E-state index contributed by atoms with van der Waals surface area (Å²) in [6, 6.07) is 3.83. The minimum Gasteiger partial charge on any atom is -0.476 e. The van der Waals surface area contributed by atoms with Gasteiger partial charge in [0.25, 0.3) is 0 Å². The molecule has 4 nitrogen and oxygen atoms in total. The molecule has 1 aromatic heterocycles. The highest BCUT2D eigenvalue weighted by atomic mass is 35.5. The van der Waals surface area contributed by atoms with Crippen LogP contribution in [0.25, 0.3) is 0 Å². The molecule has 104 valence electrons. The first kappa shape index (κ1) is 14.1. The molecule has 1 saturated carbocycles. The summed E-state index contributed by atoms with van der Waals surface area (Å²) in [6.45, 7) is 2.28. The van der Waals surface area contributed by atoms with Gasteiger partial charge in [0.2, 0.25) is 0 Å². The van der Waals surface area contributed by atoms with E-state index in [0.717, 1.165) is 18.8 Å². The number of anilines is 1. The van der Waals surface area contributed by atoms with Gasteiger partial charge in [0, 0.05) is 13.1 Å². The molecular formula is C14H19ClN2O2. The zero-order valence-corrected chi connectivity index (χ0v) is 12.0. The summed E-state index contributed by atoms with van der Waals surface area (Å²) in [6.07, 6.45) is 4.69. The van der Waals surface area contributed by atoms with Crippen LogP contribution in [0.1, 0.15) is 43.1 Å². The van der Waals surface area contributed by atoms with Crippen LogP contribution < -0.4 is 4.90 Å². The highest BCUT2D eigenvalue weighted by Crippen LogP contribution is 2.29. The van der Waals surface area contributed by atoms with Gasteiger partial charge in [0.1, 0.15) is 5.82 Å². The van der Waals surface area contributed by atoms with E-state index in [1.165, 1.54) is 12.8 Å². The third kappa shape index (κ3) is 3.18. The van der Waals surface area contributed by atoms with Gasteiger partial charge in [-0.25, -0.2) is 9.78 Å². The van der Waals surface area contributed by atoms with Gasteiger partial charge < -0.3 is 10.0 Å². The molecule has 0 atom stereocenters. The Morgan fingerprint density at radius 1 is 1.37 bits per heavy atom.